The molecule has 4 aromatic rings. The lowest BCUT2D eigenvalue weighted by atomic mass is 10.1. The molecule has 0 atom stereocenters. The third kappa shape index (κ3) is 5.08. The van der Waals surface area contributed by atoms with Crippen LogP contribution in [0.25, 0.3) is 16.9 Å². The predicted octanol–water partition coefficient (Wildman–Crippen LogP) is 5.56. The summed E-state index contributed by atoms with van der Waals surface area (Å²) in [6.45, 7) is -0.189. The molecule has 0 fully saturated rings. The van der Waals surface area contributed by atoms with Crippen LogP contribution in [0.2, 0.25) is 10.0 Å². The van der Waals surface area contributed by atoms with Crippen molar-refractivity contribution in [2.24, 2.45) is 0 Å². The monoisotopic (exact) mass is 478 g/mol. The Morgan fingerprint density at radius 2 is 1.52 bits per heavy atom. The van der Waals surface area contributed by atoms with E-state index in [1.54, 1.807) is 36.1 Å². The molecule has 33 heavy (non-hydrogen) atoms. The van der Waals surface area contributed by atoms with Crippen LogP contribution in [0.1, 0.15) is 10.4 Å². The summed E-state index contributed by atoms with van der Waals surface area (Å²) < 4.78 is 1.66. The van der Waals surface area contributed by atoms with E-state index in [1.807, 2.05) is 60.7 Å². The van der Waals surface area contributed by atoms with Crippen LogP contribution in [0, 0.1) is 0 Å². The Morgan fingerprint density at radius 3 is 2.15 bits per heavy atom. The highest BCUT2D eigenvalue weighted by Crippen LogP contribution is 2.30. The summed E-state index contributed by atoms with van der Waals surface area (Å²) in [5, 5.41) is 7.97. The van der Waals surface area contributed by atoms with E-state index in [-0.39, 0.29) is 12.5 Å². The van der Waals surface area contributed by atoms with Gasteiger partial charge in [-0.3, -0.25) is 9.59 Å². The molecular formula is C25H20Cl2N4O2. The van der Waals surface area contributed by atoms with Crippen LogP contribution in [0.4, 0.5) is 5.69 Å². The number of rotatable bonds is 6. The minimum absolute atomic E-state index is 0.189. The molecule has 0 bridgehead atoms. The molecule has 1 aromatic heterocycles. The molecule has 0 radical (unpaired) electrons. The Morgan fingerprint density at radius 1 is 0.909 bits per heavy atom. The molecule has 0 aliphatic rings. The zero-order valence-electron chi connectivity index (χ0n) is 17.7. The first kappa shape index (κ1) is 22.6. The first-order valence-electron chi connectivity index (χ1n) is 10.1. The van der Waals surface area contributed by atoms with Crippen LogP contribution in [0.15, 0.2) is 85.1 Å². The third-order valence-electron chi connectivity index (χ3n) is 4.97. The second kappa shape index (κ2) is 9.90. The van der Waals surface area contributed by atoms with Gasteiger partial charge in [0.05, 0.1) is 33.5 Å². The molecule has 0 saturated carbocycles. The van der Waals surface area contributed by atoms with Gasteiger partial charge in [-0.2, -0.15) is 5.10 Å². The smallest absolute Gasteiger partial charge is 0.257 e. The van der Waals surface area contributed by atoms with E-state index >= 15 is 0 Å². The van der Waals surface area contributed by atoms with Crippen molar-refractivity contribution in [3.63, 3.8) is 0 Å². The number of benzene rings is 3. The Balaban J connectivity index is 1.60. The quantitative estimate of drug-likeness (QED) is 0.394. The Bertz CT molecular complexity index is 1270. The number of nitrogens with zero attached hydrogens (tertiary/aromatic N) is 3. The second-order valence-corrected chi connectivity index (χ2v) is 8.16. The molecule has 4 rings (SSSR count). The molecule has 0 aliphatic heterocycles. The molecule has 2 amide bonds. The van der Waals surface area contributed by atoms with Gasteiger partial charge >= 0.3 is 0 Å². The van der Waals surface area contributed by atoms with Gasteiger partial charge in [0.25, 0.3) is 5.91 Å². The summed E-state index contributed by atoms with van der Waals surface area (Å²) in [7, 11) is 1.56. The molecule has 8 heteroatoms. The minimum atomic E-state index is -0.419. The maximum Gasteiger partial charge on any atom is 0.257 e. The van der Waals surface area contributed by atoms with Crippen molar-refractivity contribution >= 4 is 40.7 Å². The van der Waals surface area contributed by atoms with Crippen LogP contribution in [-0.4, -0.2) is 40.1 Å². The molecule has 0 spiro atoms. The highest BCUT2D eigenvalue weighted by molar-refractivity contribution is 6.39. The number of aromatic nitrogens is 2. The summed E-state index contributed by atoms with van der Waals surface area (Å²) in [6, 6.07) is 23.9. The summed E-state index contributed by atoms with van der Waals surface area (Å²) >= 11 is 12.3. The number of anilines is 1. The summed E-state index contributed by atoms with van der Waals surface area (Å²) in [4.78, 5) is 27.3. The summed E-state index contributed by atoms with van der Waals surface area (Å²) in [5.74, 6) is -0.756. The maximum absolute atomic E-state index is 13.3. The van der Waals surface area contributed by atoms with Gasteiger partial charge in [-0.05, 0) is 24.3 Å². The van der Waals surface area contributed by atoms with Gasteiger partial charge < -0.3 is 10.2 Å². The van der Waals surface area contributed by atoms with E-state index in [1.165, 1.54) is 4.90 Å². The number of halogens is 2. The Hall–Kier alpha value is -3.61. The molecule has 1 heterocycles. The number of amides is 2. The number of hydrogen-bond acceptors (Lipinski definition) is 3. The van der Waals surface area contributed by atoms with E-state index in [2.05, 4.69) is 10.4 Å². The molecule has 1 N–H and O–H groups in total. The number of para-hydroxylation sites is 2. The van der Waals surface area contributed by atoms with Crippen molar-refractivity contribution in [2.75, 3.05) is 18.9 Å². The predicted molar refractivity (Wildman–Crippen MR) is 131 cm³/mol. The number of hydrogen-bond donors (Lipinski definition) is 1. The summed E-state index contributed by atoms with van der Waals surface area (Å²) in [5.41, 5.74) is 2.86. The molecule has 0 aliphatic carbocycles. The first-order valence-corrected chi connectivity index (χ1v) is 10.9. The highest BCUT2D eigenvalue weighted by Gasteiger charge is 2.23. The van der Waals surface area contributed by atoms with Crippen LogP contribution >= 0.6 is 23.2 Å². The van der Waals surface area contributed by atoms with Crippen LogP contribution in [-0.2, 0) is 4.79 Å². The fourth-order valence-electron chi connectivity index (χ4n) is 3.34. The van der Waals surface area contributed by atoms with Gasteiger partial charge in [0, 0.05) is 18.8 Å². The van der Waals surface area contributed by atoms with Gasteiger partial charge in [-0.1, -0.05) is 77.8 Å². The van der Waals surface area contributed by atoms with Crippen molar-refractivity contribution in [1.29, 1.82) is 0 Å². The van der Waals surface area contributed by atoms with Crippen molar-refractivity contribution in [2.45, 2.75) is 0 Å². The summed E-state index contributed by atoms with van der Waals surface area (Å²) in [6.07, 6.45) is 1.68. The molecule has 0 saturated heterocycles. The fraction of sp³-hybridized carbons (Fsp3) is 0.0800. The van der Waals surface area contributed by atoms with Crippen LogP contribution in [0.3, 0.4) is 0 Å². The third-order valence-corrected chi connectivity index (χ3v) is 5.60. The number of carbonyl (C=O) groups is 2. The topological polar surface area (TPSA) is 67.2 Å². The number of carbonyl (C=O) groups excluding carboxylic acids is 2. The molecule has 3 aromatic carbocycles. The van der Waals surface area contributed by atoms with Crippen molar-refractivity contribution in [3.8, 4) is 16.9 Å². The normalized spacial score (nSPS) is 10.6. The maximum atomic E-state index is 13.3. The largest absolute Gasteiger partial charge is 0.332 e. The average molecular weight is 479 g/mol. The van der Waals surface area contributed by atoms with E-state index in [0.29, 0.717) is 27.0 Å². The minimum Gasteiger partial charge on any atom is -0.332 e. The lowest BCUT2D eigenvalue weighted by Gasteiger charge is -2.17. The zero-order chi connectivity index (χ0) is 23.4. The fourth-order valence-corrected chi connectivity index (χ4v) is 3.83. The number of likely N-dealkylation sites (N-methyl/N-ethyl adjacent to an activating group) is 1. The molecular weight excluding hydrogens is 459 g/mol. The Labute approximate surface area is 201 Å². The van der Waals surface area contributed by atoms with E-state index in [9.17, 15) is 9.59 Å². The first-order chi connectivity index (χ1) is 15.9. The number of nitrogens with one attached hydrogen (secondary N) is 1. The SMILES string of the molecule is CN(CC(=O)Nc1c(Cl)cccc1Cl)C(=O)c1cn(-c2ccccc2)nc1-c1ccccc1. The van der Waals surface area contributed by atoms with Crippen LogP contribution < -0.4 is 5.32 Å². The lowest BCUT2D eigenvalue weighted by molar-refractivity contribution is -0.116. The van der Waals surface area contributed by atoms with Gasteiger partial charge in [-0.25, -0.2) is 4.68 Å². The Kier molecular flexibility index (Phi) is 6.77. The van der Waals surface area contributed by atoms with E-state index in [4.69, 9.17) is 23.2 Å². The van der Waals surface area contributed by atoms with Crippen molar-refractivity contribution in [3.05, 3.63) is 101 Å². The van der Waals surface area contributed by atoms with Gasteiger partial charge in [0.1, 0.15) is 5.69 Å². The van der Waals surface area contributed by atoms with E-state index in [0.717, 1.165) is 11.3 Å². The van der Waals surface area contributed by atoms with E-state index < -0.39 is 5.91 Å². The van der Waals surface area contributed by atoms with Crippen molar-refractivity contribution in [1.82, 2.24) is 14.7 Å². The molecule has 0 unspecified atom stereocenters. The zero-order valence-corrected chi connectivity index (χ0v) is 19.2. The second-order valence-electron chi connectivity index (χ2n) is 7.34. The average Bonchev–Trinajstić information content (AvgIpc) is 3.28. The van der Waals surface area contributed by atoms with Gasteiger partial charge in [0.2, 0.25) is 5.91 Å². The van der Waals surface area contributed by atoms with Gasteiger partial charge in [0.15, 0.2) is 0 Å². The highest BCUT2D eigenvalue weighted by atomic mass is 35.5. The van der Waals surface area contributed by atoms with Gasteiger partial charge in [-0.15, -0.1) is 0 Å². The lowest BCUT2D eigenvalue weighted by Crippen LogP contribution is -2.35. The molecule has 6 nitrogen and oxygen atoms in total. The molecule has 166 valence electrons. The van der Waals surface area contributed by atoms with Crippen molar-refractivity contribution < 1.29 is 9.59 Å². The van der Waals surface area contributed by atoms with Crippen LogP contribution in [0.5, 0.6) is 0 Å². The standard InChI is InChI=1S/C25H20Cl2N4O2/c1-30(16-22(32)28-24-20(26)13-8-14-21(24)27)25(33)19-15-31(18-11-6-3-7-12-18)29-23(19)17-9-4-2-5-10-17/h2-15H,16H2,1H3,(H,28,32).